The third-order valence-corrected chi connectivity index (χ3v) is 3.32. The van der Waals surface area contributed by atoms with Gasteiger partial charge in [0.15, 0.2) is 0 Å². The predicted octanol–water partition coefficient (Wildman–Crippen LogP) is 1.25. The summed E-state index contributed by atoms with van der Waals surface area (Å²) in [5.74, 6) is -0.422. The molecule has 1 fully saturated rings. The Labute approximate surface area is 118 Å². The Morgan fingerprint density at radius 3 is 2.95 bits per heavy atom. The number of carbonyl (C=O) groups is 1. The first-order chi connectivity index (χ1) is 9.74. The second-order valence-electron chi connectivity index (χ2n) is 4.98. The zero-order chi connectivity index (χ0) is 14.2. The molecule has 1 aromatic rings. The van der Waals surface area contributed by atoms with E-state index < -0.39 is 0 Å². The molecule has 1 aliphatic heterocycles. The van der Waals surface area contributed by atoms with Crippen molar-refractivity contribution in [2.45, 2.75) is 25.4 Å². The van der Waals surface area contributed by atoms with Gasteiger partial charge in [0.1, 0.15) is 5.82 Å². The maximum atomic E-state index is 13.0. The first kappa shape index (κ1) is 14.9. The molecule has 1 saturated heterocycles. The van der Waals surface area contributed by atoms with Gasteiger partial charge in [-0.25, -0.2) is 4.39 Å². The zero-order valence-electron chi connectivity index (χ0n) is 11.5. The van der Waals surface area contributed by atoms with Gasteiger partial charge in [-0.1, -0.05) is 12.1 Å². The van der Waals surface area contributed by atoms with Gasteiger partial charge in [0.05, 0.1) is 19.1 Å². The van der Waals surface area contributed by atoms with Crippen molar-refractivity contribution >= 4 is 5.91 Å². The van der Waals surface area contributed by atoms with Gasteiger partial charge in [0.25, 0.3) is 0 Å². The zero-order valence-corrected chi connectivity index (χ0v) is 11.5. The number of hydrogen-bond acceptors (Lipinski definition) is 3. The number of halogens is 1. The molecule has 0 bridgehead atoms. The fourth-order valence-corrected chi connectivity index (χ4v) is 2.27. The first-order valence-corrected chi connectivity index (χ1v) is 7.07. The summed E-state index contributed by atoms with van der Waals surface area (Å²) >= 11 is 0. The Hall–Kier alpha value is -1.46. The molecule has 1 aliphatic rings. The van der Waals surface area contributed by atoms with E-state index in [9.17, 15) is 9.18 Å². The van der Waals surface area contributed by atoms with Crippen LogP contribution in [0, 0.1) is 5.82 Å². The monoisotopic (exact) mass is 280 g/mol. The number of rotatable bonds is 6. The van der Waals surface area contributed by atoms with Crippen molar-refractivity contribution in [2.24, 2.45) is 0 Å². The maximum absolute atomic E-state index is 13.0. The minimum atomic E-state index is -0.315. The van der Waals surface area contributed by atoms with Crippen molar-refractivity contribution in [3.63, 3.8) is 0 Å². The molecule has 110 valence electrons. The summed E-state index contributed by atoms with van der Waals surface area (Å²) in [6.07, 6.45) is 2.55. The maximum Gasteiger partial charge on any atom is 0.224 e. The number of piperidine rings is 1. The van der Waals surface area contributed by atoms with E-state index in [1.807, 2.05) is 0 Å². The third kappa shape index (κ3) is 5.27. The Balaban J connectivity index is 1.60. The molecule has 0 aromatic heterocycles. The fourth-order valence-electron chi connectivity index (χ4n) is 2.27. The van der Waals surface area contributed by atoms with Crippen molar-refractivity contribution in [2.75, 3.05) is 26.2 Å². The summed E-state index contributed by atoms with van der Waals surface area (Å²) in [4.78, 5) is 11.7. The molecule has 1 amide bonds. The molecule has 0 radical (unpaired) electrons. The van der Waals surface area contributed by atoms with Crippen LogP contribution in [-0.4, -0.2) is 38.3 Å². The molecule has 1 heterocycles. The van der Waals surface area contributed by atoms with Crippen LogP contribution in [0.5, 0.6) is 0 Å². The quantitative estimate of drug-likeness (QED) is 0.771. The lowest BCUT2D eigenvalue weighted by atomic mass is 10.1. The van der Waals surface area contributed by atoms with Crippen LogP contribution < -0.4 is 10.6 Å². The van der Waals surface area contributed by atoms with E-state index in [0.717, 1.165) is 25.9 Å². The van der Waals surface area contributed by atoms with Crippen LogP contribution in [0.2, 0.25) is 0 Å². The van der Waals surface area contributed by atoms with Crippen LogP contribution >= 0.6 is 0 Å². The van der Waals surface area contributed by atoms with E-state index in [1.54, 1.807) is 12.1 Å². The minimum Gasteiger partial charge on any atom is -0.376 e. The second kappa shape index (κ2) is 7.97. The average Bonchev–Trinajstić information content (AvgIpc) is 2.45. The lowest BCUT2D eigenvalue weighted by Crippen LogP contribution is -2.35. The van der Waals surface area contributed by atoms with Crippen LogP contribution in [-0.2, 0) is 16.0 Å². The SMILES string of the molecule is O=C(Cc1cccc(F)c1)NCCOC1CCNCC1. The van der Waals surface area contributed by atoms with Crippen LogP contribution in [0.15, 0.2) is 24.3 Å². The first-order valence-electron chi connectivity index (χ1n) is 7.07. The number of amides is 1. The van der Waals surface area contributed by atoms with E-state index in [4.69, 9.17) is 4.74 Å². The molecule has 1 aromatic carbocycles. The summed E-state index contributed by atoms with van der Waals surface area (Å²) < 4.78 is 18.7. The van der Waals surface area contributed by atoms with Crippen molar-refractivity contribution in [3.8, 4) is 0 Å². The minimum absolute atomic E-state index is 0.107. The van der Waals surface area contributed by atoms with Crippen molar-refractivity contribution in [3.05, 3.63) is 35.6 Å². The summed E-state index contributed by atoms with van der Waals surface area (Å²) in [5.41, 5.74) is 0.682. The molecule has 20 heavy (non-hydrogen) atoms. The van der Waals surface area contributed by atoms with Gasteiger partial charge in [-0.15, -0.1) is 0 Å². The number of nitrogens with one attached hydrogen (secondary N) is 2. The van der Waals surface area contributed by atoms with Crippen LogP contribution in [0.3, 0.4) is 0 Å². The molecule has 0 unspecified atom stereocenters. The topological polar surface area (TPSA) is 50.4 Å². The largest absolute Gasteiger partial charge is 0.376 e. The lowest BCUT2D eigenvalue weighted by molar-refractivity contribution is -0.120. The van der Waals surface area contributed by atoms with Crippen molar-refractivity contribution in [1.82, 2.24) is 10.6 Å². The molecule has 0 aliphatic carbocycles. The third-order valence-electron chi connectivity index (χ3n) is 3.32. The highest BCUT2D eigenvalue weighted by molar-refractivity contribution is 5.78. The standard InChI is InChI=1S/C15H21FN2O2/c16-13-3-1-2-12(10-13)11-15(19)18-8-9-20-14-4-6-17-7-5-14/h1-3,10,14,17H,4-9,11H2,(H,18,19). The Bertz CT molecular complexity index is 434. The molecule has 0 saturated carbocycles. The Kier molecular flexibility index (Phi) is 5.95. The highest BCUT2D eigenvalue weighted by atomic mass is 19.1. The molecule has 2 N–H and O–H groups in total. The number of carbonyl (C=O) groups excluding carboxylic acids is 1. The molecular formula is C15H21FN2O2. The smallest absolute Gasteiger partial charge is 0.224 e. The predicted molar refractivity (Wildman–Crippen MR) is 75.0 cm³/mol. The van der Waals surface area contributed by atoms with Crippen molar-refractivity contribution in [1.29, 1.82) is 0 Å². The summed E-state index contributed by atoms with van der Waals surface area (Å²) in [6, 6.07) is 6.10. The van der Waals surface area contributed by atoms with Gasteiger partial charge in [-0.2, -0.15) is 0 Å². The van der Waals surface area contributed by atoms with E-state index in [1.165, 1.54) is 12.1 Å². The number of ether oxygens (including phenoxy) is 1. The molecule has 0 atom stereocenters. The average molecular weight is 280 g/mol. The normalized spacial score (nSPS) is 16.1. The number of benzene rings is 1. The Morgan fingerprint density at radius 1 is 1.40 bits per heavy atom. The summed E-state index contributed by atoms with van der Waals surface area (Å²) in [5, 5.41) is 6.06. The molecule has 0 spiro atoms. The van der Waals surface area contributed by atoms with Gasteiger partial charge in [0.2, 0.25) is 5.91 Å². The van der Waals surface area contributed by atoms with Gasteiger partial charge in [-0.05, 0) is 43.6 Å². The molecule has 5 heteroatoms. The van der Waals surface area contributed by atoms with E-state index in [-0.39, 0.29) is 18.1 Å². The van der Waals surface area contributed by atoms with Gasteiger partial charge >= 0.3 is 0 Å². The van der Waals surface area contributed by atoms with Gasteiger partial charge in [-0.3, -0.25) is 4.79 Å². The molecular weight excluding hydrogens is 259 g/mol. The van der Waals surface area contributed by atoms with Crippen LogP contribution in [0.25, 0.3) is 0 Å². The van der Waals surface area contributed by atoms with Crippen LogP contribution in [0.4, 0.5) is 4.39 Å². The van der Waals surface area contributed by atoms with E-state index in [0.29, 0.717) is 24.8 Å². The lowest BCUT2D eigenvalue weighted by Gasteiger charge is -2.22. The van der Waals surface area contributed by atoms with Gasteiger partial charge in [0, 0.05) is 6.54 Å². The highest BCUT2D eigenvalue weighted by Gasteiger charge is 2.12. The molecule has 4 nitrogen and oxygen atoms in total. The van der Waals surface area contributed by atoms with Crippen LogP contribution in [0.1, 0.15) is 18.4 Å². The summed E-state index contributed by atoms with van der Waals surface area (Å²) in [6.45, 7) is 3.02. The van der Waals surface area contributed by atoms with E-state index in [2.05, 4.69) is 10.6 Å². The summed E-state index contributed by atoms with van der Waals surface area (Å²) in [7, 11) is 0. The Morgan fingerprint density at radius 2 is 2.20 bits per heavy atom. The fraction of sp³-hybridized carbons (Fsp3) is 0.533. The van der Waals surface area contributed by atoms with Crippen molar-refractivity contribution < 1.29 is 13.9 Å². The number of hydrogen-bond donors (Lipinski definition) is 2. The highest BCUT2D eigenvalue weighted by Crippen LogP contribution is 2.06. The van der Waals surface area contributed by atoms with Gasteiger partial charge < -0.3 is 15.4 Å². The second-order valence-corrected chi connectivity index (χ2v) is 4.98. The van der Waals surface area contributed by atoms with E-state index >= 15 is 0 Å². The molecule has 2 rings (SSSR count).